The Morgan fingerprint density at radius 1 is 1.05 bits per heavy atom. The highest BCUT2D eigenvalue weighted by Crippen LogP contribution is 2.60. The van der Waals surface area contributed by atoms with Crippen LogP contribution in [0.1, 0.15) is 37.4 Å². The van der Waals surface area contributed by atoms with Crippen molar-refractivity contribution in [2.24, 2.45) is 17.8 Å². The molecule has 19 heavy (non-hydrogen) atoms. The summed E-state index contributed by atoms with van der Waals surface area (Å²) < 4.78 is 0. The van der Waals surface area contributed by atoms with Crippen molar-refractivity contribution in [1.82, 2.24) is 4.98 Å². The number of aliphatic hydroxyl groups is 1. The summed E-state index contributed by atoms with van der Waals surface area (Å²) >= 11 is 0. The third-order valence-corrected chi connectivity index (χ3v) is 5.09. The van der Waals surface area contributed by atoms with Gasteiger partial charge in [0.05, 0.1) is 11.6 Å². The molecule has 1 aromatic carbocycles. The van der Waals surface area contributed by atoms with Gasteiger partial charge in [-0.05, 0) is 48.3 Å². The Morgan fingerprint density at radius 2 is 1.84 bits per heavy atom. The third kappa shape index (κ3) is 1.78. The lowest BCUT2D eigenvalue weighted by atomic mass is 9.98. The number of hydrogen-bond acceptors (Lipinski definition) is 2. The molecule has 2 aliphatic rings. The first-order valence-electron chi connectivity index (χ1n) is 7.38. The highest BCUT2D eigenvalue weighted by molar-refractivity contribution is 5.82. The van der Waals surface area contributed by atoms with Crippen LogP contribution in [0.2, 0.25) is 0 Å². The van der Waals surface area contributed by atoms with Gasteiger partial charge in [0, 0.05) is 11.6 Å². The van der Waals surface area contributed by atoms with Gasteiger partial charge in [0.25, 0.3) is 0 Å². The predicted octanol–water partition coefficient (Wildman–Crippen LogP) is 3.70. The molecule has 1 heterocycles. The minimum atomic E-state index is -0.305. The molecule has 0 aliphatic heterocycles. The molecule has 0 amide bonds. The lowest BCUT2D eigenvalue weighted by molar-refractivity contribution is 0.143. The Balaban J connectivity index is 1.71. The largest absolute Gasteiger partial charge is 0.388 e. The van der Waals surface area contributed by atoms with Gasteiger partial charge in [0.2, 0.25) is 0 Å². The van der Waals surface area contributed by atoms with E-state index in [1.165, 1.54) is 25.7 Å². The molecule has 3 atom stereocenters. The van der Waals surface area contributed by atoms with Gasteiger partial charge in [-0.3, -0.25) is 4.98 Å². The minimum Gasteiger partial charge on any atom is -0.388 e. The van der Waals surface area contributed by atoms with Crippen molar-refractivity contribution in [3.05, 3.63) is 42.1 Å². The number of nitrogens with zero attached hydrogens (tertiary/aromatic N) is 1. The molecule has 2 fully saturated rings. The van der Waals surface area contributed by atoms with Gasteiger partial charge in [0.15, 0.2) is 0 Å². The van der Waals surface area contributed by atoms with Gasteiger partial charge in [-0.2, -0.15) is 0 Å². The van der Waals surface area contributed by atoms with Crippen LogP contribution in [0.3, 0.4) is 0 Å². The Kier molecular flexibility index (Phi) is 2.59. The normalized spacial score (nSPS) is 30.9. The summed E-state index contributed by atoms with van der Waals surface area (Å²) in [5.41, 5.74) is 2.06. The van der Waals surface area contributed by atoms with Crippen LogP contribution < -0.4 is 0 Å². The molecule has 2 aliphatic carbocycles. The van der Waals surface area contributed by atoms with Gasteiger partial charge in [-0.15, -0.1) is 0 Å². The molecule has 2 nitrogen and oxygen atoms in total. The topological polar surface area (TPSA) is 33.1 Å². The van der Waals surface area contributed by atoms with Crippen molar-refractivity contribution >= 4 is 10.9 Å². The van der Waals surface area contributed by atoms with E-state index in [1.807, 2.05) is 24.4 Å². The standard InChI is InChI=1S/C17H19NO/c19-17(16-12-5-1-2-6-13(12)16)14-7-3-9-15-11(14)8-4-10-18-15/h3-4,7-10,12-13,16-17,19H,1-2,5-6H2. The third-order valence-electron chi connectivity index (χ3n) is 5.09. The summed E-state index contributed by atoms with van der Waals surface area (Å²) in [6, 6.07) is 10.1. The molecule has 0 spiro atoms. The van der Waals surface area contributed by atoms with Crippen LogP contribution in [0.15, 0.2) is 36.5 Å². The lowest BCUT2D eigenvalue weighted by Gasteiger charge is -2.13. The van der Waals surface area contributed by atoms with Crippen molar-refractivity contribution < 1.29 is 5.11 Å². The molecule has 2 saturated carbocycles. The number of aliphatic hydroxyl groups excluding tert-OH is 1. The lowest BCUT2D eigenvalue weighted by Crippen LogP contribution is -2.03. The molecule has 0 bridgehead atoms. The maximum absolute atomic E-state index is 10.8. The fraction of sp³-hybridized carbons (Fsp3) is 0.471. The first-order valence-corrected chi connectivity index (χ1v) is 7.38. The zero-order valence-electron chi connectivity index (χ0n) is 11.0. The van der Waals surface area contributed by atoms with Crippen LogP contribution in [0.25, 0.3) is 10.9 Å². The van der Waals surface area contributed by atoms with E-state index in [0.29, 0.717) is 5.92 Å². The fourth-order valence-corrected chi connectivity index (χ4v) is 4.11. The molecule has 4 rings (SSSR count). The van der Waals surface area contributed by atoms with Crippen molar-refractivity contribution in [3.8, 4) is 0 Å². The maximum atomic E-state index is 10.8. The van der Waals surface area contributed by atoms with Crippen molar-refractivity contribution in [2.75, 3.05) is 0 Å². The van der Waals surface area contributed by atoms with Crippen LogP contribution in [0, 0.1) is 17.8 Å². The summed E-state index contributed by atoms with van der Waals surface area (Å²) in [7, 11) is 0. The molecule has 2 aromatic rings. The van der Waals surface area contributed by atoms with E-state index in [-0.39, 0.29) is 6.10 Å². The molecule has 0 saturated heterocycles. The first-order chi connectivity index (χ1) is 9.36. The number of pyridine rings is 1. The van der Waals surface area contributed by atoms with E-state index in [0.717, 1.165) is 28.3 Å². The smallest absolute Gasteiger partial charge is 0.0830 e. The predicted molar refractivity (Wildman–Crippen MR) is 75.6 cm³/mol. The molecule has 0 radical (unpaired) electrons. The molecule has 1 N–H and O–H groups in total. The minimum absolute atomic E-state index is 0.305. The Morgan fingerprint density at radius 3 is 2.63 bits per heavy atom. The summed E-state index contributed by atoms with van der Waals surface area (Å²) in [5.74, 6) is 2.04. The number of hydrogen-bond donors (Lipinski definition) is 1. The number of aromatic nitrogens is 1. The highest BCUT2D eigenvalue weighted by Gasteiger charge is 2.54. The Hall–Kier alpha value is -1.41. The van der Waals surface area contributed by atoms with Crippen LogP contribution in [-0.2, 0) is 0 Å². The van der Waals surface area contributed by atoms with E-state index < -0.39 is 0 Å². The fourth-order valence-electron chi connectivity index (χ4n) is 4.11. The number of fused-ring (bicyclic) bond motifs is 2. The monoisotopic (exact) mass is 253 g/mol. The van der Waals surface area contributed by atoms with Gasteiger partial charge in [-0.25, -0.2) is 0 Å². The van der Waals surface area contributed by atoms with Crippen LogP contribution in [-0.4, -0.2) is 10.1 Å². The summed E-state index contributed by atoms with van der Waals surface area (Å²) in [5, 5.41) is 11.9. The van der Waals surface area contributed by atoms with Crippen molar-refractivity contribution in [3.63, 3.8) is 0 Å². The molecule has 2 heteroatoms. The maximum Gasteiger partial charge on any atom is 0.0830 e. The van der Waals surface area contributed by atoms with E-state index >= 15 is 0 Å². The summed E-state index contributed by atoms with van der Waals surface area (Å²) in [4.78, 5) is 4.38. The molecular weight excluding hydrogens is 234 g/mol. The van der Waals surface area contributed by atoms with E-state index in [9.17, 15) is 5.11 Å². The van der Waals surface area contributed by atoms with E-state index in [2.05, 4.69) is 17.1 Å². The zero-order valence-corrected chi connectivity index (χ0v) is 11.0. The number of benzene rings is 1. The van der Waals surface area contributed by atoms with Crippen LogP contribution in [0.5, 0.6) is 0 Å². The second kappa shape index (κ2) is 4.31. The first kappa shape index (κ1) is 11.4. The molecule has 1 aromatic heterocycles. The second-order valence-corrected chi connectivity index (χ2v) is 6.05. The summed E-state index contributed by atoms with van der Waals surface area (Å²) in [6.45, 7) is 0. The SMILES string of the molecule is OC(c1cccc2ncccc12)C1C2CCCCC21. The van der Waals surface area contributed by atoms with Crippen LogP contribution in [0.4, 0.5) is 0 Å². The van der Waals surface area contributed by atoms with E-state index in [1.54, 1.807) is 0 Å². The van der Waals surface area contributed by atoms with Crippen LogP contribution >= 0.6 is 0 Å². The molecule has 98 valence electrons. The zero-order chi connectivity index (χ0) is 12.8. The van der Waals surface area contributed by atoms with Gasteiger partial charge in [-0.1, -0.05) is 31.0 Å². The molecular formula is C17H19NO. The molecule has 3 unspecified atom stereocenters. The highest BCUT2D eigenvalue weighted by atomic mass is 16.3. The van der Waals surface area contributed by atoms with Crippen molar-refractivity contribution in [2.45, 2.75) is 31.8 Å². The second-order valence-electron chi connectivity index (χ2n) is 6.05. The van der Waals surface area contributed by atoms with Gasteiger partial charge >= 0.3 is 0 Å². The van der Waals surface area contributed by atoms with E-state index in [4.69, 9.17) is 0 Å². The van der Waals surface area contributed by atoms with Gasteiger partial charge < -0.3 is 5.11 Å². The quantitative estimate of drug-likeness (QED) is 0.885. The summed E-state index contributed by atoms with van der Waals surface area (Å²) in [6.07, 6.45) is 6.84. The average Bonchev–Trinajstić information content (AvgIpc) is 3.20. The van der Waals surface area contributed by atoms with Gasteiger partial charge in [0.1, 0.15) is 0 Å². The Labute approximate surface area is 113 Å². The Bertz CT molecular complexity index is 592. The average molecular weight is 253 g/mol. The van der Waals surface area contributed by atoms with Crippen molar-refractivity contribution in [1.29, 1.82) is 0 Å². The number of rotatable bonds is 2.